The number of nitriles is 1. The van der Waals surface area contributed by atoms with Crippen molar-refractivity contribution in [3.8, 4) is 11.8 Å². The number of benzene rings is 3. The number of ether oxygens (including phenoxy) is 1. The number of aromatic amines is 1. The minimum absolute atomic E-state index is 0.432. The van der Waals surface area contributed by atoms with Crippen LogP contribution in [0.25, 0.3) is 22.7 Å². The zero-order valence-electron chi connectivity index (χ0n) is 16.1. The van der Waals surface area contributed by atoms with Crippen molar-refractivity contribution in [1.29, 1.82) is 5.26 Å². The standard InChI is InChI=1S/C24H17Br2N3O/c1-15-2-8-21-22(10-15)29-24(28-21)18(13-27)11-17-12-20(26)7-9-23(17)30-14-16-3-5-19(25)6-4-16/h2-12H,14H2,1H3,(H,28,29)/b18-11-. The number of nitrogens with zero attached hydrogens (tertiary/aromatic N) is 2. The van der Waals surface area contributed by atoms with Crippen LogP contribution in [0.5, 0.6) is 5.75 Å². The molecule has 1 aromatic heterocycles. The van der Waals surface area contributed by atoms with Crippen molar-refractivity contribution in [3.63, 3.8) is 0 Å². The summed E-state index contributed by atoms with van der Waals surface area (Å²) in [5.41, 5.74) is 5.18. The summed E-state index contributed by atoms with van der Waals surface area (Å²) >= 11 is 6.95. The maximum absolute atomic E-state index is 9.78. The van der Waals surface area contributed by atoms with Gasteiger partial charge in [0, 0.05) is 14.5 Å². The summed E-state index contributed by atoms with van der Waals surface area (Å²) in [6.45, 7) is 2.46. The second kappa shape index (κ2) is 8.86. The highest BCUT2D eigenvalue weighted by atomic mass is 79.9. The van der Waals surface area contributed by atoms with E-state index in [4.69, 9.17) is 4.74 Å². The molecule has 0 saturated heterocycles. The Balaban J connectivity index is 1.67. The molecular formula is C24H17Br2N3O. The van der Waals surface area contributed by atoms with E-state index in [0.717, 1.165) is 36.7 Å². The Morgan fingerprint density at radius 1 is 1.07 bits per heavy atom. The molecule has 4 nitrogen and oxygen atoms in total. The SMILES string of the molecule is Cc1ccc2nc(/C(C#N)=C\c3cc(Br)ccc3OCc3ccc(Br)cc3)[nH]c2c1. The molecule has 0 aliphatic heterocycles. The molecule has 1 N–H and O–H groups in total. The monoisotopic (exact) mass is 521 g/mol. The van der Waals surface area contributed by atoms with Crippen LogP contribution in [0.2, 0.25) is 0 Å². The molecule has 0 unspecified atom stereocenters. The van der Waals surface area contributed by atoms with Crippen molar-refractivity contribution in [1.82, 2.24) is 9.97 Å². The first-order valence-corrected chi connectivity index (χ1v) is 10.9. The van der Waals surface area contributed by atoms with Crippen LogP contribution < -0.4 is 4.74 Å². The molecular weight excluding hydrogens is 506 g/mol. The molecule has 0 saturated carbocycles. The molecule has 0 bridgehead atoms. The van der Waals surface area contributed by atoms with E-state index in [9.17, 15) is 5.26 Å². The van der Waals surface area contributed by atoms with Crippen LogP contribution in [-0.4, -0.2) is 9.97 Å². The van der Waals surface area contributed by atoms with E-state index >= 15 is 0 Å². The normalized spacial score (nSPS) is 11.5. The number of allylic oxidation sites excluding steroid dienone is 1. The lowest BCUT2D eigenvalue weighted by Gasteiger charge is -2.10. The molecule has 4 rings (SSSR count). The molecule has 30 heavy (non-hydrogen) atoms. The van der Waals surface area contributed by atoms with E-state index in [1.165, 1.54) is 0 Å². The third-order valence-corrected chi connectivity index (χ3v) is 5.61. The molecule has 4 aromatic rings. The van der Waals surface area contributed by atoms with Gasteiger partial charge in [0.1, 0.15) is 24.3 Å². The van der Waals surface area contributed by atoms with Crippen LogP contribution >= 0.6 is 31.9 Å². The highest BCUT2D eigenvalue weighted by Gasteiger charge is 2.11. The summed E-state index contributed by atoms with van der Waals surface area (Å²) in [5.74, 6) is 1.23. The fourth-order valence-electron chi connectivity index (χ4n) is 3.07. The molecule has 0 radical (unpaired) electrons. The molecule has 0 fully saturated rings. The minimum Gasteiger partial charge on any atom is -0.488 e. The van der Waals surface area contributed by atoms with E-state index in [0.29, 0.717) is 23.8 Å². The highest BCUT2D eigenvalue weighted by molar-refractivity contribution is 9.10. The molecule has 0 atom stereocenters. The van der Waals surface area contributed by atoms with Gasteiger partial charge in [-0.05, 0) is 66.6 Å². The second-order valence-electron chi connectivity index (χ2n) is 6.87. The van der Waals surface area contributed by atoms with Crippen LogP contribution in [0.3, 0.4) is 0 Å². The number of halogens is 2. The van der Waals surface area contributed by atoms with Gasteiger partial charge in [0.2, 0.25) is 0 Å². The quantitative estimate of drug-likeness (QED) is 0.286. The average Bonchev–Trinajstić information content (AvgIpc) is 3.15. The number of aryl methyl sites for hydroxylation is 1. The van der Waals surface area contributed by atoms with Crippen molar-refractivity contribution in [2.75, 3.05) is 0 Å². The zero-order chi connectivity index (χ0) is 21.1. The number of nitrogens with one attached hydrogen (secondary N) is 1. The number of hydrogen-bond acceptors (Lipinski definition) is 3. The van der Waals surface area contributed by atoms with Gasteiger partial charge in [-0.2, -0.15) is 5.26 Å². The molecule has 0 spiro atoms. The van der Waals surface area contributed by atoms with Crippen molar-refractivity contribution < 1.29 is 4.74 Å². The van der Waals surface area contributed by atoms with E-state index in [-0.39, 0.29) is 0 Å². The van der Waals surface area contributed by atoms with Gasteiger partial charge in [0.25, 0.3) is 0 Å². The lowest BCUT2D eigenvalue weighted by Crippen LogP contribution is -1.97. The molecule has 0 aliphatic carbocycles. The lowest BCUT2D eigenvalue weighted by atomic mass is 10.1. The smallest absolute Gasteiger partial charge is 0.149 e. The Bertz CT molecular complexity index is 1280. The Labute approximate surface area is 191 Å². The fraction of sp³-hybridized carbons (Fsp3) is 0.0833. The van der Waals surface area contributed by atoms with Crippen molar-refractivity contribution in [3.05, 3.63) is 92.1 Å². The number of aromatic nitrogens is 2. The predicted octanol–water partition coefficient (Wildman–Crippen LogP) is 7.04. The van der Waals surface area contributed by atoms with Crippen LogP contribution in [0, 0.1) is 18.3 Å². The van der Waals surface area contributed by atoms with Crippen LogP contribution in [-0.2, 0) is 6.61 Å². The molecule has 148 valence electrons. The minimum atomic E-state index is 0.432. The molecule has 3 aromatic carbocycles. The number of hydrogen-bond donors (Lipinski definition) is 1. The molecule has 0 aliphatic rings. The zero-order valence-corrected chi connectivity index (χ0v) is 19.3. The van der Waals surface area contributed by atoms with E-state index < -0.39 is 0 Å². The first kappa shape index (κ1) is 20.4. The summed E-state index contributed by atoms with van der Waals surface area (Å²) in [7, 11) is 0. The third-order valence-electron chi connectivity index (χ3n) is 4.59. The van der Waals surface area contributed by atoms with Crippen LogP contribution in [0.1, 0.15) is 22.5 Å². The molecule has 0 amide bonds. The number of imidazole rings is 1. The second-order valence-corrected chi connectivity index (χ2v) is 8.70. The summed E-state index contributed by atoms with van der Waals surface area (Å²) < 4.78 is 7.98. The Morgan fingerprint density at radius 2 is 1.83 bits per heavy atom. The highest BCUT2D eigenvalue weighted by Crippen LogP contribution is 2.29. The summed E-state index contributed by atoms with van der Waals surface area (Å²) in [6, 6.07) is 22.0. The number of H-pyrrole nitrogens is 1. The topological polar surface area (TPSA) is 61.7 Å². The van der Waals surface area contributed by atoms with Gasteiger partial charge in [-0.1, -0.05) is 50.1 Å². The average molecular weight is 523 g/mol. The summed E-state index contributed by atoms with van der Waals surface area (Å²) in [5, 5.41) is 9.78. The first-order valence-electron chi connectivity index (χ1n) is 9.27. The van der Waals surface area contributed by atoms with Crippen LogP contribution in [0.15, 0.2) is 69.6 Å². The molecule has 1 heterocycles. The Hall–Kier alpha value is -2.88. The van der Waals surface area contributed by atoms with Crippen molar-refractivity contribution in [2.45, 2.75) is 13.5 Å². The van der Waals surface area contributed by atoms with E-state index in [1.54, 1.807) is 6.08 Å². The third kappa shape index (κ3) is 4.64. The van der Waals surface area contributed by atoms with Gasteiger partial charge >= 0.3 is 0 Å². The van der Waals surface area contributed by atoms with Gasteiger partial charge in [-0.15, -0.1) is 0 Å². The largest absolute Gasteiger partial charge is 0.488 e. The van der Waals surface area contributed by atoms with Gasteiger partial charge in [-0.25, -0.2) is 4.98 Å². The Kier molecular flexibility index (Phi) is 6.03. The van der Waals surface area contributed by atoms with Gasteiger partial charge < -0.3 is 9.72 Å². The van der Waals surface area contributed by atoms with Gasteiger partial charge in [-0.3, -0.25) is 0 Å². The number of fused-ring (bicyclic) bond motifs is 1. The lowest BCUT2D eigenvalue weighted by molar-refractivity contribution is 0.305. The van der Waals surface area contributed by atoms with E-state index in [2.05, 4.69) is 47.9 Å². The number of rotatable bonds is 5. The van der Waals surface area contributed by atoms with Gasteiger partial charge in [0.05, 0.1) is 16.6 Å². The van der Waals surface area contributed by atoms with E-state index in [1.807, 2.05) is 67.6 Å². The maximum Gasteiger partial charge on any atom is 0.149 e. The van der Waals surface area contributed by atoms with Crippen molar-refractivity contribution in [2.24, 2.45) is 0 Å². The molecule has 6 heteroatoms. The fourth-order valence-corrected chi connectivity index (χ4v) is 3.71. The Morgan fingerprint density at radius 3 is 2.60 bits per heavy atom. The van der Waals surface area contributed by atoms with Crippen LogP contribution in [0.4, 0.5) is 0 Å². The first-order chi connectivity index (χ1) is 14.5. The van der Waals surface area contributed by atoms with Crippen molar-refractivity contribution >= 4 is 54.5 Å². The summed E-state index contributed by atoms with van der Waals surface area (Å²) in [6.07, 6.45) is 1.80. The van der Waals surface area contributed by atoms with Gasteiger partial charge in [0.15, 0.2) is 0 Å². The summed E-state index contributed by atoms with van der Waals surface area (Å²) in [4.78, 5) is 7.82. The maximum atomic E-state index is 9.78. The predicted molar refractivity (Wildman–Crippen MR) is 127 cm³/mol.